The van der Waals surface area contributed by atoms with Gasteiger partial charge in [0.05, 0.1) is 50.9 Å². The van der Waals surface area contributed by atoms with Gasteiger partial charge in [0.1, 0.15) is 28.6 Å². The lowest BCUT2D eigenvalue weighted by atomic mass is 9.60. The van der Waals surface area contributed by atoms with Crippen molar-refractivity contribution in [1.29, 1.82) is 0 Å². The maximum absolute atomic E-state index is 12.5. The molecule has 0 aliphatic heterocycles. The van der Waals surface area contributed by atoms with Crippen LogP contribution < -0.4 is 30.2 Å². The summed E-state index contributed by atoms with van der Waals surface area (Å²) in [4.78, 5) is 24.9. The van der Waals surface area contributed by atoms with Crippen molar-refractivity contribution in [2.24, 2.45) is 11.3 Å². The first kappa shape index (κ1) is 28.3. The molecule has 2 heterocycles. The van der Waals surface area contributed by atoms with Crippen LogP contribution in [0.25, 0.3) is 21.9 Å². The minimum atomic E-state index is -1.19. The van der Waals surface area contributed by atoms with Gasteiger partial charge in [0.25, 0.3) is 0 Å². The fraction of sp³-hybridized carbons (Fsp3) is 0.375. The summed E-state index contributed by atoms with van der Waals surface area (Å²) in [6.45, 7) is 6.19. The number of hydrogen-bond donors (Lipinski definition) is 1. The number of benzene rings is 2. The summed E-state index contributed by atoms with van der Waals surface area (Å²) >= 11 is 0. The summed E-state index contributed by atoms with van der Waals surface area (Å²) in [6.07, 6.45) is 1.57. The van der Waals surface area contributed by atoms with E-state index in [1.807, 2.05) is 6.92 Å². The van der Waals surface area contributed by atoms with Crippen LogP contribution in [0.3, 0.4) is 0 Å². The van der Waals surface area contributed by atoms with Gasteiger partial charge in [0.2, 0.25) is 0 Å². The molecular formula is C32H34O9. The lowest BCUT2D eigenvalue weighted by molar-refractivity contribution is 0.0164. The van der Waals surface area contributed by atoms with Crippen molar-refractivity contribution in [2.75, 3.05) is 28.4 Å². The molecule has 41 heavy (non-hydrogen) atoms. The highest BCUT2D eigenvalue weighted by Gasteiger charge is 2.47. The molecular weight excluding hydrogens is 528 g/mol. The normalized spacial score (nSPS) is 19.1. The zero-order valence-corrected chi connectivity index (χ0v) is 24.2. The molecule has 0 radical (unpaired) electrons. The highest BCUT2D eigenvalue weighted by atomic mass is 16.5. The highest BCUT2D eigenvalue weighted by Crippen LogP contribution is 2.57. The molecule has 0 amide bonds. The number of allylic oxidation sites excluding steroid dienone is 2. The minimum absolute atomic E-state index is 0.181. The van der Waals surface area contributed by atoms with Crippen molar-refractivity contribution in [1.82, 2.24) is 0 Å². The lowest BCUT2D eigenvalue weighted by Crippen LogP contribution is -2.37. The number of methoxy groups -OCH3 is 4. The third kappa shape index (κ3) is 4.74. The highest BCUT2D eigenvalue weighted by molar-refractivity contribution is 5.90. The first-order chi connectivity index (χ1) is 19.5. The predicted molar refractivity (Wildman–Crippen MR) is 155 cm³/mol. The molecule has 2 aromatic heterocycles. The minimum Gasteiger partial charge on any atom is -0.496 e. The first-order valence-corrected chi connectivity index (χ1v) is 13.3. The zero-order chi connectivity index (χ0) is 29.6. The Balaban J connectivity index is 1.84. The number of hydrogen-bond acceptors (Lipinski definition) is 9. The molecule has 1 aliphatic carbocycles. The molecule has 1 N–H and O–H groups in total. The van der Waals surface area contributed by atoms with E-state index in [0.717, 1.165) is 5.57 Å². The summed E-state index contributed by atoms with van der Waals surface area (Å²) in [5.74, 6) is 0.692. The molecule has 4 aromatic rings. The van der Waals surface area contributed by atoms with Crippen LogP contribution in [0.15, 0.2) is 66.5 Å². The molecule has 9 heteroatoms. The fourth-order valence-corrected chi connectivity index (χ4v) is 6.52. The van der Waals surface area contributed by atoms with Crippen LogP contribution in [-0.2, 0) is 0 Å². The van der Waals surface area contributed by atoms with Gasteiger partial charge in [-0.05, 0) is 30.9 Å². The van der Waals surface area contributed by atoms with E-state index in [9.17, 15) is 14.7 Å². The van der Waals surface area contributed by atoms with E-state index in [1.165, 1.54) is 40.6 Å². The van der Waals surface area contributed by atoms with Gasteiger partial charge in [-0.2, -0.15) is 0 Å². The fourth-order valence-electron chi connectivity index (χ4n) is 6.52. The Morgan fingerprint density at radius 1 is 0.805 bits per heavy atom. The zero-order valence-electron chi connectivity index (χ0n) is 24.2. The predicted octanol–water partition coefficient (Wildman–Crippen LogP) is 5.74. The van der Waals surface area contributed by atoms with Crippen molar-refractivity contribution in [3.63, 3.8) is 0 Å². The van der Waals surface area contributed by atoms with Crippen molar-refractivity contribution in [3.05, 3.63) is 80.0 Å². The van der Waals surface area contributed by atoms with Crippen molar-refractivity contribution < 1.29 is 32.9 Å². The van der Waals surface area contributed by atoms with Gasteiger partial charge in [-0.3, -0.25) is 0 Å². The van der Waals surface area contributed by atoms with Gasteiger partial charge in [0, 0.05) is 41.7 Å². The second kappa shape index (κ2) is 10.6. The first-order valence-electron chi connectivity index (χ1n) is 13.3. The van der Waals surface area contributed by atoms with E-state index in [-0.39, 0.29) is 5.58 Å². The van der Waals surface area contributed by atoms with Crippen molar-refractivity contribution in [2.45, 2.75) is 39.2 Å². The molecule has 1 aliphatic rings. The van der Waals surface area contributed by atoms with Crippen LogP contribution in [0.4, 0.5) is 0 Å². The van der Waals surface area contributed by atoms with E-state index in [2.05, 4.69) is 19.9 Å². The molecule has 0 spiro atoms. The van der Waals surface area contributed by atoms with Gasteiger partial charge in [-0.15, -0.1) is 0 Å². The molecule has 9 nitrogen and oxygen atoms in total. The summed E-state index contributed by atoms with van der Waals surface area (Å²) in [6, 6.07) is 9.36. The Hall–Kier alpha value is -4.24. The topological polar surface area (TPSA) is 118 Å². The maximum Gasteiger partial charge on any atom is 0.336 e. The van der Waals surface area contributed by atoms with Gasteiger partial charge in [-0.25, -0.2) is 9.59 Å². The van der Waals surface area contributed by atoms with E-state index in [1.54, 1.807) is 24.3 Å². The number of aliphatic hydroxyl groups excluding tert-OH is 1. The van der Waals surface area contributed by atoms with Crippen LogP contribution in [0, 0.1) is 11.3 Å². The third-order valence-electron chi connectivity index (χ3n) is 8.08. The maximum atomic E-state index is 12.5. The molecule has 0 saturated carbocycles. The van der Waals surface area contributed by atoms with Crippen LogP contribution >= 0.6 is 0 Å². The van der Waals surface area contributed by atoms with E-state index in [0.29, 0.717) is 56.9 Å². The van der Waals surface area contributed by atoms with E-state index >= 15 is 0 Å². The van der Waals surface area contributed by atoms with Gasteiger partial charge in [-0.1, -0.05) is 25.5 Å². The Morgan fingerprint density at radius 3 is 1.88 bits per heavy atom. The smallest absolute Gasteiger partial charge is 0.336 e. The second-order valence-electron chi connectivity index (χ2n) is 11.1. The number of ether oxygens (including phenoxy) is 4. The lowest BCUT2D eigenvalue weighted by Gasteiger charge is -2.46. The van der Waals surface area contributed by atoms with Gasteiger partial charge in [0.15, 0.2) is 5.58 Å². The summed E-state index contributed by atoms with van der Waals surface area (Å²) in [5, 5.41) is 13.5. The Morgan fingerprint density at radius 2 is 1.32 bits per heavy atom. The van der Waals surface area contributed by atoms with Crippen molar-refractivity contribution >= 4 is 21.9 Å². The molecule has 0 bridgehead atoms. The van der Waals surface area contributed by atoms with E-state index < -0.39 is 34.6 Å². The monoisotopic (exact) mass is 562 g/mol. The van der Waals surface area contributed by atoms with Crippen LogP contribution in [-0.4, -0.2) is 33.5 Å². The third-order valence-corrected chi connectivity index (χ3v) is 8.08. The average Bonchev–Trinajstić information content (AvgIpc) is 2.93. The second-order valence-corrected chi connectivity index (χ2v) is 11.1. The Labute approximate surface area is 236 Å². The molecule has 1 unspecified atom stereocenters. The van der Waals surface area contributed by atoms with Gasteiger partial charge >= 0.3 is 11.3 Å². The largest absolute Gasteiger partial charge is 0.496 e. The Kier molecular flexibility index (Phi) is 7.33. The average molecular weight is 563 g/mol. The van der Waals surface area contributed by atoms with Crippen LogP contribution in [0.1, 0.15) is 50.3 Å². The molecule has 0 saturated heterocycles. The standard InChI is InChI=1S/C32H34O9/c1-16-12-19(26-22(38-6)13-20(36-4)17-8-10-24(33)40-30(17)26)28(32(2,3)15-16)29(35)27-23(39-7)14-21(37-5)18-9-11-25(34)41-31(18)27/h8-14,19,28-29,35H,15H2,1-7H3/t19-,28-,29?/m1/s1. The molecule has 216 valence electrons. The van der Waals surface area contributed by atoms with E-state index in [4.69, 9.17) is 27.8 Å². The Bertz CT molecular complexity index is 1780. The van der Waals surface area contributed by atoms with Crippen LogP contribution in [0.5, 0.6) is 23.0 Å². The molecule has 5 rings (SSSR count). The number of rotatable bonds is 7. The summed E-state index contributed by atoms with van der Waals surface area (Å²) in [7, 11) is 6.07. The quantitative estimate of drug-likeness (QED) is 0.222. The SMILES string of the molecule is COc1cc(OC)c2ccc(=O)oc2c1C(O)[C@H]1[C@@H](c2c(OC)cc(OC)c3ccc(=O)oc23)C=C(C)CC1(C)C. The number of aliphatic hydroxyl groups is 1. The van der Waals surface area contributed by atoms with Gasteiger partial charge < -0.3 is 32.9 Å². The van der Waals surface area contributed by atoms with Crippen LogP contribution in [0.2, 0.25) is 0 Å². The number of fused-ring (bicyclic) bond motifs is 2. The summed E-state index contributed by atoms with van der Waals surface area (Å²) in [5.41, 5.74) is 0.960. The van der Waals surface area contributed by atoms with Crippen molar-refractivity contribution in [3.8, 4) is 23.0 Å². The molecule has 0 fully saturated rings. The molecule has 3 atom stereocenters. The summed E-state index contributed by atoms with van der Waals surface area (Å²) < 4.78 is 34.2. The molecule has 2 aromatic carbocycles.